The van der Waals surface area contributed by atoms with Crippen LogP contribution in [0.3, 0.4) is 0 Å². The number of aromatic nitrogens is 3. The van der Waals surface area contributed by atoms with Gasteiger partial charge in [0.15, 0.2) is 5.65 Å². The van der Waals surface area contributed by atoms with E-state index in [-0.39, 0.29) is 5.82 Å². The number of ether oxygens (including phenoxy) is 2. The molecule has 0 aliphatic carbocycles. The Morgan fingerprint density at radius 3 is 3.17 bits per heavy atom. The van der Waals surface area contributed by atoms with Gasteiger partial charge in [-0.15, -0.1) is 5.10 Å². The predicted molar refractivity (Wildman–Crippen MR) is 86.9 cm³/mol. The van der Waals surface area contributed by atoms with Crippen molar-refractivity contribution in [3.63, 3.8) is 0 Å². The van der Waals surface area contributed by atoms with E-state index in [1.165, 1.54) is 12.1 Å². The summed E-state index contributed by atoms with van der Waals surface area (Å²) < 4.78 is 26.0. The Labute approximate surface area is 138 Å². The van der Waals surface area contributed by atoms with Crippen molar-refractivity contribution in [1.29, 1.82) is 0 Å². The first-order valence-corrected chi connectivity index (χ1v) is 7.87. The Hall–Kier alpha value is -2.67. The van der Waals surface area contributed by atoms with Gasteiger partial charge in [-0.05, 0) is 18.6 Å². The van der Waals surface area contributed by atoms with Crippen LogP contribution in [0.4, 0.5) is 10.1 Å². The Balaban J connectivity index is 1.59. The lowest BCUT2D eigenvalue weighted by Crippen LogP contribution is -2.15. The average Bonchev–Trinajstić information content (AvgIpc) is 3.24. The minimum Gasteiger partial charge on any atom is -0.437 e. The van der Waals surface area contributed by atoms with Crippen LogP contribution in [0.2, 0.25) is 0 Å². The molecule has 24 heavy (non-hydrogen) atoms. The normalized spacial score (nSPS) is 17.3. The maximum Gasteiger partial charge on any atom is 0.239 e. The van der Waals surface area contributed by atoms with E-state index in [0.717, 1.165) is 37.5 Å². The van der Waals surface area contributed by atoms with Gasteiger partial charge in [0, 0.05) is 43.6 Å². The fourth-order valence-corrected chi connectivity index (χ4v) is 2.72. The van der Waals surface area contributed by atoms with Crippen molar-refractivity contribution < 1.29 is 13.9 Å². The van der Waals surface area contributed by atoms with E-state index in [4.69, 9.17) is 9.47 Å². The predicted octanol–water partition coefficient (Wildman–Crippen LogP) is 3.11. The summed E-state index contributed by atoms with van der Waals surface area (Å²) in [7, 11) is 0. The highest BCUT2D eigenvalue weighted by atomic mass is 19.1. The van der Waals surface area contributed by atoms with Gasteiger partial charge in [-0.25, -0.2) is 13.9 Å². The van der Waals surface area contributed by atoms with Gasteiger partial charge in [0.05, 0.1) is 12.3 Å². The molecule has 124 valence electrons. The summed E-state index contributed by atoms with van der Waals surface area (Å²) in [6, 6.07) is 7.76. The molecule has 1 aliphatic rings. The number of anilines is 1. The lowest BCUT2D eigenvalue weighted by molar-refractivity contribution is 0.187. The second-order valence-electron chi connectivity index (χ2n) is 5.76. The van der Waals surface area contributed by atoms with E-state index in [9.17, 15) is 4.39 Å². The maximum absolute atomic E-state index is 13.3. The number of fused-ring (bicyclic) bond motifs is 1. The van der Waals surface area contributed by atoms with Crippen LogP contribution in [0.25, 0.3) is 5.65 Å². The van der Waals surface area contributed by atoms with Gasteiger partial charge in [-0.3, -0.25) is 0 Å². The van der Waals surface area contributed by atoms with Gasteiger partial charge < -0.3 is 14.8 Å². The second kappa shape index (κ2) is 6.45. The van der Waals surface area contributed by atoms with Crippen LogP contribution in [0, 0.1) is 11.7 Å². The van der Waals surface area contributed by atoms with Crippen molar-refractivity contribution in [1.82, 2.24) is 14.6 Å². The number of nitrogens with one attached hydrogen (secondary N) is 1. The number of benzene rings is 1. The molecule has 0 bridgehead atoms. The quantitative estimate of drug-likeness (QED) is 0.780. The summed E-state index contributed by atoms with van der Waals surface area (Å²) in [6.45, 7) is 2.39. The van der Waals surface area contributed by atoms with Crippen LogP contribution in [0.5, 0.6) is 11.6 Å². The zero-order chi connectivity index (χ0) is 16.4. The van der Waals surface area contributed by atoms with Crippen LogP contribution >= 0.6 is 0 Å². The van der Waals surface area contributed by atoms with Crippen LogP contribution in [0.1, 0.15) is 6.42 Å². The van der Waals surface area contributed by atoms with Gasteiger partial charge in [0.1, 0.15) is 11.6 Å². The zero-order valence-electron chi connectivity index (χ0n) is 13.0. The maximum atomic E-state index is 13.3. The third-order valence-electron chi connectivity index (χ3n) is 3.96. The molecule has 3 aromatic rings. The standard InChI is InChI=1S/C17H17FN4O2/c18-13-2-1-3-14(8-13)24-16-9-15(17-19-5-6-22(17)21-16)20-10-12-4-7-23-11-12/h1-3,5-6,8-9,12,20H,4,7,10-11H2. The first-order valence-electron chi connectivity index (χ1n) is 7.87. The third-order valence-corrected chi connectivity index (χ3v) is 3.96. The van der Waals surface area contributed by atoms with Crippen LogP contribution < -0.4 is 10.1 Å². The molecule has 0 radical (unpaired) electrons. The number of hydrogen-bond donors (Lipinski definition) is 1. The molecule has 0 saturated carbocycles. The third kappa shape index (κ3) is 3.16. The largest absolute Gasteiger partial charge is 0.437 e. The monoisotopic (exact) mass is 328 g/mol. The van der Waals surface area contributed by atoms with Crippen molar-refractivity contribution in [3.8, 4) is 11.6 Å². The molecule has 1 saturated heterocycles. The minimum atomic E-state index is -0.351. The molecule has 2 aromatic heterocycles. The van der Waals surface area contributed by atoms with Gasteiger partial charge in [0.2, 0.25) is 5.88 Å². The summed E-state index contributed by atoms with van der Waals surface area (Å²) in [4.78, 5) is 4.32. The number of rotatable bonds is 5. The molecule has 1 N–H and O–H groups in total. The molecular formula is C17H17FN4O2. The number of halogens is 1. The molecule has 1 atom stereocenters. The molecule has 1 unspecified atom stereocenters. The molecule has 6 nitrogen and oxygen atoms in total. The molecular weight excluding hydrogens is 311 g/mol. The molecule has 1 aliphatic heterocycles. The topological polar surface area (TPSA) is 60.7 Å². The van der Waals surface area contributed by atoms with Crippen molar-refractivity contribution in [2.24, 2.45) is 5.92 Å². The molecule has 1 fully saturated rings. The van der Waals surface area contributed by atoms with Gasteiger partial charge in [-0.2, -0.15) is 0 Å². The average molecular weight is 328 g/mol. The summed E-state index contributed by atoms with van der Waals surface area (Å²) >= 11 is 0. The highest BCUT2D eigenvalue weighted by Crippen LogP contribution is 2.25. The molecule has 4 rings (SSSR count). The highest BCUT2D eigenvalue weighted by Gasteiger charge is 2.16. The number of nitrogens with zero attached hydrogens (tertiary/aromatic N) is 3. The molecule has 0 spiro atoms. The fourth-order valence-electron chi connectivity index (χ4n) is 2.72. The van der Waals surface area contributed by atoms with E-state index < -0.39 is 0 Å². The minimum absolute atomic E-state index is 0.351. The van der Waals surface area contributed by atoms with Crippen LogP contribution in [0.15, 0.2) is 42.7 Å². The molecule has 1 aromatic carbocycles. The first-order chi connectivity index (χ1) is 11.8. The molecule has 0 amide bonds. The van der Waals surface area contributed by atoms with Gasteiger partial charge in [-0.1, -0.05) is 6.07 Å². The Morgan fingerprint density at radius 1 is 1.38 bits per heavy atom. The summed E-state index contributed by atoms with van der Waals surface area (Å²) in [6.07, 6.45) is 4.48. The number of hydrogen-bond acceptors (Lipinski definition) is 5. The van der Waals surface area contributed by atoms with Crippen molar-refractivity contribution in [3.05, 3.63) is 48.5 Å². The van der Waals surface area contributed by atoms with Gasteiger partial charge in [0.25, 0.3) is 0 Å². The SMILES string of the molecule is Fc1cccc(Oc2cc(NCC3CCOC3)c3nccn3n2)c1. The number of imidazole rings is 1. The van der Waals surface area contributed by atoms with E-state index in [2.05, 4.69) is 15.4 Å². The van der Waals surface area contributed by atoms with E-state index >= 15 is 0 Å². The summed E-state index contributed by atoms with van der Waals surface area (Å²) in [5, 5.41) is 7.74. The van der Waals surface area contributed by atoms with E-state index in [1.54, 1.807) is 35.1 Å². The van der Waals surface area contributed by atoms with Crippen LogP contribution in [-0.2, 0) is 4.74 Å². The smallest absolute Gasteiger partial charge is 0.239 e. The Kier molecular flexibility index (Phi) is 4.00. The molecule has 7 heteroatoms. The van der Waals surface area contributed by atoms with Crippen molar-refractivity contribution in [2.45, 2.75) is 6.42 Å². The second-order valence-corrected chi connectivity index (χ2v) is 5.76. The summed E-state index contributed by atoms with van der Waals surface area (Å²) in [5.74, 6) is 0.907. The lowest BCUT2D eigenvalue weighted by atomic mass is 10.1. The lowest BCUT2D eigenvalue weighted by Gasteiger charge is -2.13. The van der Waals surface area contributed by atoms with Gasteiger partial charge >= 0.3 is 0 Å². The van der Waals surface area contributed by atoms with Crippen molar-refractivity contribution >= 4 is 11.3 Å². The van der Waals surface area contributed by atoms with Crippen molar-refractivity contribution in [2.75, 3.05) is 25.1 Å². The Morgan fingerprint density at radius 2 is 2.33 bits per heavy atom. The van der Waals surface area contributed by atoms with E-state index in [1.807, 2.05) is 0 Å². The first kappa shape index (κ1) is 14.9. The fraction of sp³-hybridized carbons (Fsp3) is 0.294. The molecule has 3 heterocycles. The van der Waals surface area contributed by atoms with Crippen LogP contribution in [-0.4, -0.2) is 34.4 Å². The Bertz CT molecular complexity index is 845. The summed E-state index contributed by atoms with van der Waals surface area (Å²) in [5.41, 5.74) is 1.55. The zero-order valence-corrected chi connectivity index (χ0v) is 13.0. The van der Waals surface area contributed by atoms with E-state index in [0.29, 0.717) is 17.5 Å². The highest BCUT2D eigenvalue weighted by molar-refractivity contribution is 5.68.